The Hall–Kier alpha value is -2.14. The SMILES string of the molecule is Cc1cnc(C2COCCN2C(=O)Cc2ccc3c(c2)CCC3)[nH]1. The number of fused-ring (bicyclic) bond motifs is 1. The highest BCUT2D eigenvalue weighted by molar-refractivity contribution is 5.79. The van der Waals surface area contributed by atoms with E-state index < -0.39 is 0 Å². The van der Waals surface area contributed by atoms with E-state index in [0.29, 0.717) is 26.2 Å². The van der Waals surface area contributed by atoms with Crippen LogP contribution in [0, 0.1) is 6.92 Å². The molecule has 126 valence electrons. The lowest BCUT2D eigenvalue weighted by molar-refractivity contribution is -0.139. The third-order valence-electron chi connectivity index (χ3n) is 5.01. The Kier molecular flexibility index (Phi) is 4.10. The molecule has 2 aliphatic rings. The van der Waals surface area contributed by atoms with Gasteiger partial charge < -0.3 is 14.6 Å². The van der Waals surface area contributed by atoms with Crippen LogP contribution < -0.4 is 0 Å². The van der Waals surface area contributed by atoms with Crippen LogP contribution in [-0.4, -0.2) is 40.5 Å². The number of carbonyl (C=O) groups excluding carboxylic acids is 1. The summed E-state index contributed by atoms with van der Waals surface area (Å²) < 4.78 is 5.58. The molecule has 1 aromatic carbocycles. The van der Waals surface area contributed by atoms with Gasteiger partial charge >= 0.3 is 0 Å². The molecule has 5 heteroatoms. The van der Waals surface area contributed by atoms with Gasteiger partial charge in [0.15, 0.2) is 0 Å². The second kappa shape index (κ2) is 6.40. The van der Waals surface area contributed by atoms with Crippen molar-refractivity contribution >= 4 is 5.91 Å². The first-order chi connectivity index (χ1) is 11.7. The van der Waals surface area contributed by atoms with Gasteiger partial charge in [0.2, 0.25) is 5.91 Å². The molecule has 1 aromatic heterocycles. The van der Waals surface area contributed by atoms with Crippen molar-refractivity contribution < 1.29 is 9.53 Å². The van der Waals surface area contributed by atoms with Gasteiger partial charge in [-0.25, -0.2) is 4.98 Å². The molecule has 2 heterocycles. The summed E-state index contributed by atoms with van der Waals surface area (Å²) in [7, 11) is 0. The minimum Gasteiger partial charge on any atom is -0.377 e. The van der Waals surface area contributed by atoms with Crippen molar-refractivity contribution in [3.8, 4) is 0 Å². The van der Waals surface area contributed by atoms with Gasteiger partial charge in [-0.15, -0.1) is 0 Å². The zero-order valence-corrected chi connectivity index (χ0v) is 14.0. The number of H-pyrrole nitrogens is 1. The van der Waals surface area contributed by atoms with Crippen molar-refractivity contribution in [3.05, 3.63) is 52.6 Å². The van der Waals surface area contributed by atoms with Crippen molar-refractivity contribution in [2.75, 3.05) is 19.8 Å². The molecule has 1 atom stereocenters. The predicted molar refractivity (Wildman–Crippen MR) is 90.8 cm³/mol. The molecule has 1 amide bonds. The molecule has 4 rings (SSSR count). The number of nitrogens with zero attached hydrogens (tertiary/aromatic N) is 2. The molecule has 24 heavy (non-hydrogen) atoms. The number of hydrogen-bond acceptors (Lipinski definition) is 3. The lowest BCUT2D eigenvalue weighted by atomic mass is 10.0. The third-order valence-corrected chi connectivity index (χ3v) is 5.01. The molecular weight excluding hydrogens is 302 g/mol. The highest BCUT2D eigenvalue weighted by atomic mass is 16.5. The average molecular weight is 325 g/mol. The van der Waals surface area contributed by atoms with Crippen molar-refractivity contribution in [2.45, 2.75) is 38.6 Å². The van der Waals surface area contributed by atoms with Crippen molar-refractivity contribution in [2.24, 2.45) is 0 Å². The normalized spacial score (nSPS) is 20.2. The Labute approximate surface area is 142 Å². The van der Waals surface area contributed by atoms with Crippen LogP contribution in [0.5, 0.6) is 0 Å². The number of aryl methyl sites for hydroxylation is 3. The summed E-state index contributed by atoms with van der Waals surface area (Å²) in [6.07, 6.45) is 5.79. The average Bonchev–Trinajstić information content (AvgIpc) is 3.23. The van der Waals surface area contributed by atoms with E-state index in [1.807, 2.05) is 11.8 Å². The third kappa shape index (κ3) is 2.96. The van der Waals surface area contributed by atoms with Crippen molar-refractivity contribution in [3.63, 3.8) is 0 Å². The zero-order valence-electron chi connectivity index (χ0n) is 14.0. The van der Waals surface area contributed by atoms with Crippen LogP contribution in [0.15, 0.2) is 24.4 Å². The van der Waals surface area contributed by atoms with Gasteiger partial charge in [-0.2, -0.15) is 0 Å². The quantitative estimate of drug-likeness (QED) is 0.942. The molecule has 1 unspecified atom stereocenters. The van der Waals surface area contributed by atoms with Gasteiger partial charge in [-0.3, -0.25) is 4.79 Å². The first-order valence-corrected chi connectivity index (χ1v) is 8.70. The van der Waals surface area contributed by atoms with Crippen LogP contribution in [0.1, 0.15) is 40.7 Å². The maximum absolute atomic E-state index is 12.9. The summed E-state index contributed by atoms with van der Waals surface area (Å²) in [5.41, 5.74) is 4.98. The molecule has 0 spiro atoms. The van der Waals surface area contributed by atoms with Gasteiger partial charge in [-0.1, -0.05) is 18.2 Å². The molecule has 1 saturated heterocycles. The zero-order chi connectivity index (χ0) is 16.5. The monoisotopic (exact) mass is 325 g/mol. The van der Waals surface area contributed by atoms with Crippen LogP contribution in [0.25, 0.3) is 0 Å². The Morgan fingerprint density at radius 1 is 1.38 bits per heavy atom. The lowest BCUT2D eigenvalue weighted by Gasteiger charge is -2.34. The standard InChI is InChI=1S/C19H23N3O2/c1-13-11-20-19(21-13)17-12-24-8-7-22(17)18(23)10-14-5-6-15-3-2-4-16(15)9-14/h5-6,9,11,17H,2-4,7-8,10,12H2,1H3,(H,20,21). The fourth-order valence-electron chi connectivity index (χ4n) is 3.74. The Bertz CT molecular complexity index is 753. The molecule has 1 fully saturated rings. The maximum atomic E-state index is 12.9. The second-order valence-electron chi connectivity index (χ2n) is 6.76. The molecule has 5 nitrogen and oxygen atoms in total. The van der Waals surface area contributed by atoms with Crippen molar-refractivity contribution in [1.29, 1.82) is 0 Å². The van der Waals surface area contributed by atoms with E-state index in [4.69, 9.17) is 4.74 Å². The summed E-state index contributed by atoms with van der Waals surface area (Å²) in [6.45, 7) is 3.68. The second-order valence-corrected chi connectivity index (χ2v) is 6.76. The lowest BCUT2D eigenvalue weighted by Crippen LogP contribution is -2.44. The summed E-state index contributed by atoms with van der Waals surface area (Å²) >= 11 is 0. The molecule has 1 aliphatic heterocycles. The van der Waals surface area contributed by atoms with Crippen LogP contribution in [-0.2, 0) is 28.8 Å². The molecule has 1 aliphatic carbocycles. The summed E-state index contributed by atoms with van der Waals surface area (Å²) in [5, 5.41) is 0. The number of nitrogens with one attached hydrogen (secondary N) is 1. The molecule has 2 aromatic rings. The smallest absolute Gasteiger partial charge is 0.227 e. The number of aromatic nitrogens is 2. The number of benzene rings is 1. The molecule has 0 bridgehead atoms. The molecule has 1 N–H and O–H groups in total. The van der Waals surface area contributed by atoms with Gasteiger partial charge in [-0.05, 0) is 42.9 Å². The summed E-state index contributed by atoms with van der Waals surface area (Å²) in [6, 6.07) is 6.40. The van der Waals surface area contributed by atoms with Crippen molar-refractivity contribution in [1.82, 2.24) is 14.9 Å². The molecule has 0 saturated carbocycles. The van der Waals surface area contributed by atoms with E-state index >= 15 is 0 Å². The fraction of sp³-hybridized carbons (Fsp3) is 0.474. The first-order valence-electron chi connectivity index (χ1n) is 8.70. The predicted octanol–water partition coefficient (Wildman–Crippen LogP) is 2.35. The summed E-state index contributed by atoms with van der Waals surface area (Å²) in [5.74, 6) is 0.963. The van der Waals surface area contributed by atoms with E-state index in [2.05, 4.69) is 28.2 Å². The topological polar surface area (TPSA) is 58.2 Å². The van der Waals surface area contributed by atoms with Crippen LogP contribution in [0.3, 0.4) is 0 Å². The number of aromatic amines is 1. The fourth-order valence-corrected chi connectivity index (χ4v) is 3.74. The summed E-state index contributed by atoms with van der Waals surface area (Å²) in [4.78, 5) is 22.4. The Balaban J connectivity index is 1.51. The van der Waals surface area contributed by atoms with E-state index in [-0.39, 0.29) is 11.9 Å². The minimum absolute atomic E-state index is 0.116. The molecular formula is C19H23N3O2. The highest BCUT2D eigenvalue weighted by Crippen LogP contribution is 2.25. The number of amides is 1. The van der Waals surface area contributed by atoms with Crippen LogP contribution in [0.2, 0.25) is 0 Å². The highest BCUT2D eigenvalue weighted by Gasteiger charge is 2.30. The number of morpholine rings is 1. The molecule has 0 radical (unpaired) electrons. The first kappa shape index (κ1) is 15.4. The van der Waals surface area contributed by atoms with Crippen LogP contribution in [0.4, 0.5) is 0 Å². The van der Waals surface area contributed by atoms with E-state index in [9.17, 15) is 4.79 Å². The van der Waals surface area contributed by atoms with E-state index in [1.54, 1.807) is 6.20 Å². The Morgan fingerprint density at radius 3 is 3.08 bits per heavy atom. The van der Waals surface area contributed by atoms with Gasteiger partial charge in [0, 0.05) is 18.4 Å². The van der Waals surface area contributed by atoms with Gasteiger partial charge in [0.1, 0.15) is 11.9 Å². The van der Waals surface area contributed by atoms with Crippen LogP contribution >= 0.6 is 0 Å². The maximum Gasteiger partial charge on any atom is 0.227 e. The van der Waals surface area contributed by atoms with E-state index in [0.717, 1.165) is 23.5 Å². The largest absolute Gasteiger partial charge is 0.377 e. The number of hydrogen-bond donors (Lipinski definition) is 1. The van der Waals surface area contributed by atoms with E-state index in [1.165, 1.54) is 24.0 Å². The van der Waals surface area contributed by atoms with Gasteiger partial charge in [0.05, 0.1) is 19.6 Å². The number of ether oxygens (including phenoxy) is 1. The Morgan fingerprint density at radius 2 is 2.25 bits per heavy atom. The number of rotatable bonds is 3. The number of imidazole rings is 1. The minimum atomic E-state index is -0.116. The van der Waals surface area contributed by atoms with Gasteiger partial charge in [0.25, 0.3) is 0 Å². The number of carbonyl (C=O) groups is 1.